The molecule has 0 radical (unpaired) electrons. The third kappa shape index (κ3) is 3.91. The predicted octanol–water partition coefficient (Wildman–Crippen LogP) is 0.503. The minimum atomic E-state index is -3.29. The summed E-state index contributed by atoms with van der Waals surface area (Å²) < 4.78 is 28.2. The van der Waals surface area contributed by atoms with E-state index in [-0.39, 0.29) is 6.04 Å². The second-order valence-electron chi connectivity index (χ2n) is 5.21. The van der Waals surface area contributed by atoms with Gasteiger partial charge in [-0.05, 0) is 19.8 Å². The first-order chi connectivity index (χ1) is 7.85. The summed E-state index contributed by atoms with van der Waals surface area (Å²) >= 11 is 0. The van der Waals surface area contributed by atoms with Crippen LogP contribution in [0.5, 0.6) is 0 Å². The van der Waals surface area contributed by atoms with Gasteiger partial charge in [0.05, 0.1) is 0 Å². The minimum absolute atomic E-state index is 0.0114. The molecule has 102 valence electrons. The van der Waals surface area contributed by atoms with Crippen molar-refractivity contribution >= 4 is 10.2 Å². The van der Waals surface area contributed by atoms with E-state index in [0.29, 0.717) is 25.6 Å². The van der Waals surface area contributed by atoms with Crippen molar-refractivity contribution in [1.29, 1.82) is 0 Å². The Balaban J connectivity index is 2.83. The number of rotatable bonds is 5. The van der Waals surface area contributed by atoms with Gasteiger partial charge >= 0.3 is 0 Å². The summed E-state index contributed by atoms with van der Waals surface area (Å²) in [6.07, 6.45) is 0. The Morgan fingerprint density at radius 3 is 2.12 bits per heavy atom. The Hall–Kier alpha value is -0.170. The quantitative estimate of drug-likeness (QED) is 0.786. The number of hydrogen-bond acceptors (Lipinski definition) is 3. The van der Waals surface area contributed by atoms with Gasteiger partial charge in [0.2, 0.25) is 0 Å². The van der Waals surface area contributed by atoms with Gasteiger partial charge in [-0.2, -0.15) is 17.0 Å². The Morgan fingerprint density at radius 2 is 1.71 bits per heavy atom. The van der Waals surface area contributed by atoms with E-state index in [2.05, 4.69) is 5.32 Å². The Bertz CT molecular complexity index is 322. The average Bonchev–Trinajstić information content (AvgIpc) is 2.26. The highest BCUT2D eigenvalue weighted by Gasteiger charge is 2.32. The summed E-state index contributed by atoms with van der Waals surface area (Å²) in [4.78, 5) is 0. The van der Waals surface area contributed by atoms with Crippen molar-refractivity contribution in [3.63, 3.8) is 0 Å². The van der Waals surface area contributed by atoms with Crippen LogP contribution in [-0.2, 0) is 10.2 Å². The normalized spacial score (nSPS) is 19.5. The van der Waals surface area contributed by atoms with Crippen LogP contribution in [0.25, 0.3) is 0 Å². The van der Waals surface area contributed by atoms with Gasteiger partial charge in [-0.15, -0.1) is 0 Å². The minimum Gasteiger partial charge on any atom is -0.314 e. The van der Waals surface area contributed by atoms with Crippen molar-refractivity contribution in [3.8, 4) is 0 Å². The number of hydrogen-bond donors (Lipinski definition) is 1. The Labute approximate surface area is 105 Å². The maximum atomic E-state index is 12.5. The van der Waals surface area contributed by atoms with Gasteiger partial charge in [0.15, 0.2) is 0 Å². The smallest absolute Gasteiger partial charge is 0.282 e. The highest BCUT2D eigenvalue weighted by molar-refractivity contribution is 7.86. The van der Waals surface area contributed by atoms with Crippen molar-refractivity contribution in [1.82, 2.24) is 13.9 Å². The molecule has 6 heteroatoms. The standard InChI is InChI=1S/C11H25N3O2S/c1-10(2)9-14(11(3)4)17(15,16)13-7-5-12-6-8-13/h10-12H,5-9H2,1-4H3. The van der Waals surface area contributed by atoms with E-state index < -0.39 is 10.2 Å². The zero-order chi connectivity index (χ0) is 13.1. The average molecular weight is 263 g/mol. The first-order valence-corrected chi connectivity index (χ1v) is 7.73. The van der Waals surface area contributed by atoms with Gasteiger partial charge < -0.3 is 5.32 Å². The van der Waals surface area contributed by atoms with Crippen molar-refractivity contribution < 1.29 is 8.42 Å². The molecule has 0 aromatic heterocycles. The van der Waals surface area contributed by atoms with Gasteiger partial charge in [-0.25, -0.2) is 0 Å². The van der Waals surface area contributed by atoms with E-state index in [1.54, 1.807) is 8.61 Å². The fraction of sp³-hybridized carbons (Fsp3) is 1.00. The lowest BCUT2D eigenvalue weighted by molar-refractivity contribution is 0.270. The lowest BCUT2D eigenvalue weighted by atomic mass is 10.2. The highest BCUT2D eigenvalue weighted by Crippen LogP contribution is 2.15. The molecule has 0 aliphatic carbocycles. The molecule has 0 spiro atoms. The number of nitrogens with zero attached hydrogens (tertiary/aromatic N) is 2. The molecule has 1 aliphatic rings. The fourth-order valence-electron chi connectivity index (χ4n) is 1.95. The fourth-order valence-corrected chi connectivity index (χ4v) is 3.91. The van der Waals surface area contributed by atoms with Gasteiger partial charge in [0, 0.05) is 38.8 Å². The molecule has 0 aromatic rings. The first kappa shape index (κ1) is 14.9. The highest BCUT2D eigenvalue weighted by atomic mass is 32.2. The molecule has 5 nitrogen and oxygen atoms in total. The lowest BCUT2D eigenvalue weighted by Crippen LogP contribution is -2.54. The maximum Gasteiger partial charge on any atom is 0.282 e. The zero-order valence-corrected chi connectivity index (χ0v) is 12.1. The van der Waals surface area contributed by atoms with Gasteiger partial charge in [-0.3, -0.25) is 0 Å². The van der Waals surface area contributed by atoms with Crippen molar-refractivity contribution in [2.45, 2.75) is 33.7 Å². The second-order valence-corrected chi connectivity index (χ2v) is 7.10. The molecule has 1 rings (SSSR count). The molecule has 1 fully saturated rings. The van der Waals surface area contributed by atoms with E-state index in [1.807, 2.05) is 27.7 Å². The molecule has 0 amide bonds. The van der Waals surface area contributed by atoms with Crippen LogP contribution in [0.3, 0.4) is 0 Å². The number of piperazine rings is 1. The molecule has 0 bridgehead atoms. The zero-order valence-electron chi connectivity index (χ0n) is 11.3. The monoisotopic (exact) mass is 263 g/mol. The van der Waals surface area contributed by atoms with E-state index in [4.69, 9.17) is 0 Å². The van der Waals surface area contributed by atoms with Crippen LogP contribution in [0.15, 0.2) is 0 Å². The largest absolute Gasteiger partial charge is 0.314 e. The molecule has 1 N–H and O–H groups in total. The summed E-state index contributed by atoms with van der Waals surface area (Å²) in [5, 5.41) is 3.17. The summed E-state index contributed by atoms with van der Waals surface area (Å²) in [7, 11) is -3.29. The molecular formula is C11H25N3O2S. The lowest BCUT2D eigenvalue weighted by Gasteiger charge is -2.35. The van der Waals surface area contributed by atoms with Crippen molar-refractivity contribution in [2.75, 3.05) is 32.7 Å². The molecule has 0 aromatic carbocycles. The summed E-state index contributed by atoms with van der Waals surface area (Å²) in [6, 6.07) is 0.0114. The molecule has 1 heterocycles. The third-order valence-electron chi connectivity index (χ3n) is 2.82. The predicted molar refractivity (Wildman–Crippen MR) is 70.0 cm³/mol. The molecule has 17 heavy (non-hydrogen) atoms. The molecule has 0 atom stereocenters. The van der Waals surface area contributed by atoms with E-state index in [0.717, 1.165) is 13.1 Å². The van der Waals surface area contributed by atoms with Crippen molar-refractivity contribution in [3.05, 3.63) is 0 Å². The molecule has 0 saturated carbocycles. The van der Waals surface area contributed by atoms with Crippen LogP contribution < -0.4 is 5.32 Å². The Kier molecular flexibility index (Phi) is 5.37. The number of nitrogens with one attached hydrogen (secondary N) is 1. The Morgan fingerprint density at radius 1 is 1.18 bits per heavy atom. The maximum absolute atomic E-state index is 12.5. The molecule has 1 aliphatic heterocycles. The summed E-state index contributed by atoms with van der Waals surface area (Å²) in [6.45, 7) is 11.2. The summed E-state index contributed by atoms with van der Waals surface area (Å²) in [5.74, 6) is 0.343. The van der Waals surface area contributed by atoms with E-state index in [9.17, 15) is 8.42 Å². The molecule has 0 unspecified atom stereocenters. The SMILES string of the molecule is CC(C)CN(C(C)C)S(=O)(=O)N1CCNCC1. The van der Waals surface area contributed by atoms with Crippen LogP contribution in [0.1, 0.15) is 27.7 Å². The van der Waals surface area contributed by atoms with E-state index in [1.165, 1.54) is 0 Å². The topological polar surface area (TPSA) is 52.7 Å². The van der Waals surface area contributed by atoms with Gasteiger partial charge in [0.25, 0.3) is 10.2 Å². The van der Waals surface area contributed by atoms with E-state index >= 15 is 0 Å². The van der Waals surface area contributed by atoms with Gasteiger partial charge in [0.1, 0.15) is 0 Å². The first-order valence-electron chi connectivity index (χ1n) is 6.33. The van der Waals surface area contributed by atoms with Crippen LogP contribution in [-0.4, -0.2) is 55.8 Å². The van der Waals surface area contributed by atoms with Crippen LogP contribution in [0, 0.1) is 5.92 Å². The van der Waals surface area contributed by atoms with Crippen molar-refractivity contribution in [2.24, 2.45) is 5.92 Å². The van der Waals surface area contributed by atoms with Gasteiger partial charge in [-0.1, -0.05) is 13.8 Å². The van der Waals surface area contributed by atoms with Crippen LogP contribution in [0.2, 0.25) is 0 Å². The van der Waals surface area contributed by atoms with Crippen LogP contribution in [0.4, 0.5) is 0 Å². The summed E-state index contributed by atoms with van der Waals surface area (Å²) in [5.41, 5.74) is 0. The van der Waals surface area contributed by atoms with Crippen LogP contribution >= 0.6 is 0 Å². The second kappa shape index (κ2) is 6.13. The molecule has 1 saturated heterocycles. The third-order valence-corrected chi connectivity index (χ3v) is 5.00. The molecular weight excluding hydrogens is 238 g/mol.